The van der Waals surface area contributed by atoms with Crippen LogP contribution in [0.25, 0.3) is 0 Å². The zero-order valence-electron chi connectivity index (χ0n) is 10.9. The van der Waals surface area contributed by atoms with Crippen molar-refractivity contribution in [1.29, 1.82) is 0 Å². The zero-order valence-corrected chi connectivity index (χ0v) is 12.4. The van der Waals surface area contributed by atoms with Gasteiger partial charge in [0.25, 0.3) is 0 Å². The summed E-state index contributed by atoms with van der Waals surface area (Å²) in [6.45, 7) is 0. The van der Waals surface area contributed by atoms with Crippen molar-refractivity contribution in [1.82, 2.24) is 0 Å². The van der Waals surface area contributed by atoms with E-state index in [2.05, 4.69) is 15.9 Å². The summed E-state index contributed by atoms with van der Waals surface area (Å²) in [5.74, 6) is 0.217. The third kappa shape index (κ3) is 2.92. The van der Waals surface area contributed by atoms with Gasteiger partial charge in [-0.15, -0.1) is 0 Å². The third-order valence-corrected chi connectivity index (χ3v) is 4.31. The number of hydrogen-bond acceptors (Lipinski definition) is 3. The van der Waals surface area contributed by atoms with Gasteiger partial charge in [0.15, 0.2) is 0 Å². The summed E-state index contributed by atoms with van der Waals surface area (Å²) in [4.78, 5) is 11.0. The zero-order chi connectivity index (χ0) is 14.0. The minimum absolute atomic E-state index is 0.437. The van der Waals surface area contributed by atoms with Gasteiger partial charge in [0.1, 0.15) is 11.8 Å². The fraction of sp³-hybridized carbons (Fsp3) is 0.500. The average molecular weight is 328 g/mol. The van der Waals surface area contributed by atoms with E-state index in [0.717, 1.165) is 28.6 Å². The Hall–Kier alpha value is -1.07. The molecule has 0 spiro atoms. The molecule has 0 heterocycles. The van der Waals surface area contributed by atoms with E-state index >= 15 is 0 Å². The van der Waals surface area contributed by atoms with Crippen molar-refractivity contribution in [3.8, 4) is 5.75 Å². The van der Waals surface area contributed by atoms with E-state index in [1.807, 2.05) is 6.07 Å². The topological polar surface area (TPSA) is 72.5 Å². The van der Waals surface area contributed by atoms with Crippen molar-refractivity contribution >= 4 is 21.9 Å². The smallest absolute Gasteiger partial charge is 0.325 e. The lowest BCUT2D eigenvalue weighted by Crippen LogP contribution is -2.21. The standard InChI is InChI=1S/C14H18BrNO3/c1-19-13-10(8-4-2-3-5-8)6-9(7-11(13)15)12(16)14(17)18/h6-8,12H,2-5,16H2,1H3,(H,17,18). The second kappa shape index (κ2) is 5.92. The van der Waals surface area contributed by atoms with E-state index < -0.39 is 12.0 Å². The number of nitrogens with two attached hydrogens (primary N) is 1. The minimum atomic E-state index is -1.02. The normalized spacial score (nSPS) is 17.4. The molecule has 4 nitrogen and oxygen atoms in total. The van der Waals surface area contributed by atoms with E-state index in [1.54, 1.807) is 13.2 Å². The van der Waals surface area contributed by atoms with Crippen LogP contribution in [0.5, 0.6) is 5.75 Å². The Kier molecular flexibility index (Phi) is 4.47. The lowest BCUT2D eigenvalue weighted by Gasteiger charge is -2.19. The third-order valence-electron chi connectivity index (χ3n) is 3.72. The number of carbonyl (C=O) groups is 1. The van der Waals surface area contributed by atoms with Crippen LogP contribution in [0.2, 0.25) is 0 Å². The molecule has 3 N–H and O–H groups in total. The highest BCUT2D eigenvalue weighted by Gasteiger charge is 2.25. The molecular weight excluding hydrogens is 310 g/mol. The maximum absolute atomic E-state index is 11.0. The summed E-state index contributed by atoms with van der Waals surface area (Å²) in [6.07, 6.45) is 4.66. The van der Waals surface area contributed by atoms with Gasteiger partial charge in [-0.3, -0.25) is 4.79 Å². The summed E-state index contributed by atoms with van der Waals surface area (Å²) >= 11 is 3.45. The fourth-order valence-corrected chi connectivity index (χ4v) is 3.37. The number of carboxylic acid groups (broad SMARTS) is 1. The Labute approximate surface area is 121 Å². The first-order valence-electron chi connectivity index (χ1n) is 6.40. The second-order valence-corrected chi connectivity index (χ2v) is 5.78. The highest BCUT2D eigenvalue weighted by atomic mass is 79.9. The molecule has 1 atom stereocenters. The van der Waals surface area contributed by atoms with Gasteiger partial charge in [-0.2, -0.15) is 0 Å². The van der Waals surface area contributed by atoms with Gasteiger partial charge < -0.3 is 15.6 Å². The number of ether oxygens (including phenoxy) is 1. The van der Waals surface area contributed by atoms with Gasteiger partial charge in [0, 0.05) is 0 Å². The number of methoxy groups -OCH3 is 1. The molecule has 0 aliphatic heterocycles. The average Bonchev–Trinajstić information content (AvgIpc) is 2.90. The number of rotatable bonds is 4. The van der Waals surface area contributed by atoms with Gasteiger partial charge in [0.05, 0.1) is 11.6 Å². The van der Waals surface area contributed by atoms with E-state index in [0.29, 0.717) is 11.5 Å². The summed E-state index contributed by atoms with van der Waals surface area (Å²) < 4.78 is 6.22. The molecule has 0 radical (unpaired) electrons. The molecule has 5 heteroatoms. The SMILES string of the molecule is COc1c(Br)cc(C(N)C(=O)O)cc1C1CCCC1. The maximum atomic E-state index is 11.0. The van der Waals surface area contributed by atoms with E-state index in [1.165, 1.54) is 12.8 Å². The number of aliphatic carboxylic acids is 1. The largest absolute Gasteiger partial charge is 0.495 e. The van der Waals surface area contributed by atoms with Crippen molar-refractivity contribution < 1.29 is 14.6 Å². The van der Waals surface area contributed by atoms with Crippen molar-refractivity contribution in [3.05, 3.63) is 27.7 Å². The summed E-state index contributed by atoms with van der Waals surface area (Å²) in [6, 6.07) is 2.62. The molecule has 0 amide bonds. The molecular formula is C14H18BrNO3. The predicted molar refractivity (Wildman–Crippen MR) is 76.5 cm³/mol. The molecule has 2 rings (SSSR count). The van der Waals surface area contributed by atoms with Crippen LogP contribution in [0.15, 0.2) is 16.6 Å². The molecule has 1 aliphatic rings. The lowest BCUT2D eigenvalue weighted by atomic mass is 9.93. The van der Waals surface area contributed by atoms with E-state index in [4.69, 9.17) is 15.6 Å². The molecule has 1 saturated carbocycles. The molecule has 0 aromatic heterocycles. The first-order valence-corrected chi connectivity index (χ1v) is 7.19. The van der Waals surface area contributed by atoms with Crippen LogP contribution in [0.4, 0.5) is 0 Å². The van der Waals surface area contributed by atoms with Crippen LogP contribution in [0, 0.1) is 0 Å². The number of benzene rings is 1. The molecule has 0 bridgehead atoms. The second-order valence-electron chi connectivity index (χ2n) is 4.92. The fourth-order valence-electron chi connectivity index (χ4n) is 2.71. The van der Waals surface area contributed by atoms with Crippen LogP contribution in [0.1, 0.15) is 48.8 Å². The van der Waals surface area contributed by atoms with Crippen molar-refractivity contribution in [2.45, 2.75) is 37.6 Å². The monoisotopic (exact) mass is 327 g/mol. The van der Waals surface area contributed by atoms with Crippen LogP contribution in [-0.4, -0.2) is 18.2 Å². The summed E-state index contributed by atoms with van der Waals surface area (Å²) in [7, 11) is 1.63. The summed E-state index contributed by atoms with van der Waals surface area (Å²) in [5.41, 5.74) is 7.39. The maximum Gasteiger partial charge on any atom is 0.325 e. The van der Waals surface area contributed by atoms with Crippen LogP contribution < -0.4 is 10.5 Å². The molecule has 1 fully saturated rings. The van der Waals surface area contributed by atoms with Crippen molar-refractivity contribution in [2.24, 2.45) is 5.73 Å². The van der Waals surface area contributed by atoms with Gasteiger partial charge in [0.2, 0.25) is 0 Å². The quantitative estimate of drug-likeness (QED) is 0.890. The van der Waals surface area contributed by atoms with Crippen LogP contribution in [-0.2, 0) is 4.79 Å². The first-order chi connectivity index (χ1) is 9.04. The molecule has 1 unspecified atom stereocenters. The Morgan fingerprint density at radius 3 is 2.63 bits per heavy atom. The molecule has 19 heavy (non-hydrogen) atoms. The molecule has 104 valence electrons. The highest BCUT2D eigenvalue weighted by molar-refractivity contribution is 9.10. The molecule has 1 aromatic carbocycles. The van der Waals surface area contributed by atoms with Gasteiger partial charge in [-0.25, -0.2) is 0 Å². The van der Waals surface area contributed by atoms with Gasteiger partial charge >= 0.3 is 5.97 Å². The Morgan fingerprint density at radius 2 is 2.11 bits per heavy atom. The molecule has 1 aliphatic carbocycles. The van der Waals surface area contributed by atoms with Crippen LogP contribution >= 0.6 is 15.9 Å². The van der Waals surface area contributed by atoms with E-state index in [9.17, 15) is 4.79 Å². The lowest BCUT2D eigenvalue weighted by molar-refractivity contribution is -0.138. The Morgan fingerprint density at radius 1 is 1.47 bits per heavy atom. The summed E-state index contributed by atoms with van der Waals surface area (Å²) in [5, 5.41) is 9.04. The van der Waals surface area contributed by atoms with Crippen molar-refractivity contribution in [3.63, 3.8) is 0 Å². The van der Waals surface area contributed by atoms with E-state index in [-0.39, 0.29) is 0 Å². The Bertz CT molecular complexity index is 484. The Balaban J connectivity index is 2.46. The number of halogens is 1. The number of carboxylic acids is 1. The minimum Gasteiger partial charge on any atom is -0.495 e. The predicted octanol–water partition coefficient (Wildman–Crippen LogP) is 3.20. The van der Waals surface area contributed by atoms with Crippen LogP contribution in [0.3, 0.4) is 0 Å². The van der Waals surface area contributed by atoms with Gasteiger partial charge in [-0.1, -0.05) is 12.8 Å². The molecule has 0 saturated heterocycles. The first kappa shape index (κ1) is 14.3. The van der Waals surface area contributed by atoms with Crippen molar-refractivity contribution in [2.75, 3.05) is 7.11 Å². The van der Waals surface area contributed by atoms with Gasteiger partial charge in [-0.05, 0) is 57.9 Å². The number of hydrogen-bond donors (Lipinski definition) is 2. The highest BCUT2D eigenvalue weighted by Crippen LogP contribution is 2.43. The molecule has 1 aromatic rings.